The maximum Gasteiger partial charge on any atom is 0.355 e. The van der Waals surface area contributed by atoms with Crippen LogP contribution in [0.15, 0.2) is 72.9 Å². The number of rotatable bonds is 23. The van der Waals surface area contributed by atoms with E-state index < -0.39 is 21.8 Å². The second kappa shape index (κ2) is 20.9. The minimum atomic E-state index is -4.31. The first-order valence-corrected chi connectivity index (χ1v) is 28.5. The van der Waals surface area contributed by atoms with Gasteiger partial charge in [-0.05, 0) is 116 Å². The highest BCUT2D eigenvalue weighted by atomic mass is 32.2. The van der Waals surface area contributed by atoms with Crippen LogP contribution in [0.1, 0.15) is 109 Å². The molecule has 402 valence electrons. The molecule has 19 nitrogen and oxygen atoms in total. The number of aromatic nitrogens is 4. The Balaban J connectivity index is 0.754. The first kappa shape index (κ1) is 53.0. The number of anilines is 2. The number of para-hydroxylation sites is 1. The molecule has 3 N–H and O–H groups in total. The monoisotopic (exact) mass is 1080 g/mol. The van der Waals surface area contributed by atoms with E-state index in [1.165, 1.54) is 28.4 Å². The zero-order valence-corrected chi connectivity index (χ0v) is 44.7. The van der Waals surface area contributed by atoms with Crippen LogP contribution in [-0.2, 0) is 53.5 Å². The second-order valence-corrected chi connectivity index (χ2v) is 24.7. The highest BCUT2D eigenvalue weighted by Crippen LogP contribution is 2.77. The van der Waals surface area contributed by atoms with Crippen molar-refractivity contribution >= 4 is 72.2 Å². The number of carbonyl (C=O) groups is 5. The molecule has 6 aliphatic rings. The number of aromatic carboxylic acids is 1. The van der Waals surface area contributed by atoms with Crippen molar-refractivity contribution in [3.05, 3.63) is 101 Å². The lowest BCUT2D eigenvalue weighted by Gasteiger charge is -2.46. The first-order chi connectivity index (χ1) is 36.2. The summed E-state index contributed by atoms with van der Waals surface area (Å²) in [6.45, 7) is 9.20. The van der Waals surface area contributed by atoms with Crippen LogP contribution in [-0.4, -0.2) is 135 Å². The molecule has 4 saturated carbocycles. The van der Waals surface area contributed by atoms with E-state index in [0.717, 1.165) is 64.0 Å². The van der Waals surface area contributed by atoms with Gasteiger partial charge in [0.1, 0.15) is 5.82 Å². The van der Waals surface area contributed by atoms with Gasteiger partial charge >= 0.3 is 5.97 Å². The molecule has 21 heteroatoms. The van der Waals surface area contributed by atoms with Crippen LogP contribution in [0.25, 0.3) is 21.3 Å². The van der Waals surface area contributed by atoms with E-state index in [1.54, 1.807) is 6.20 Å². The molecule has 4 amide bonds. The number of hydrogen-bond donors (Lipinski definition) is 3. The zero-order valence-electron chi connectivity index (χ0n) is 43.1. The molecule has 4 unspecified atom stereocenters. The summed E-state index contributed by atoms with van der Waals surface area (Å²) in [4.78, 5) is 77.4. The van der Waals surface area contributed by atoms with E-state index in [4.69, 9.17) is 19.6 Å². The van der Waals surface area contributed by atoms with E-state index in [2.05, 4.69) is 24.1 Å². The molecule has 5 aromatic rings. The van der Waals surface area contributed by atoms with Gasteiger partial charge in [-0.25, -0.2) is 14.8 Å². The van der Waals surface area contributed by atoms with Crippen molar-refractivity contribution in [3.63, 3.8) is 0 Å². The van der Waals surface area contributed by atoms with Gasteiger partial charge in [0.05, 0.1) is 47.6 Å². The number of hydrogen-bond acceptors (Lipinski definition) is 14. The number of unbranched alkanes of at least 4 members (excludes halogenated alkanes) is 2. The number of nitrogens with one attached hydrogen (secondary N) is 1. The molecule has 4 atom stereocenters. The van der Waals surface area contributed by atoms with Crippen LogP contribution in [0.4, 0.5) is 10.9 Å². The smallest absolute Gasteiger partial charge is 0.355 e. The highest BCUT2D eigenvalue weighted by Gasteiger charge is 2.74. The molecule has 76 heavy (non-hydrogen) atoms. The number of carboxylic acids is 1. The summed E-state index contributed by atoms with van der Waals surface area (Å²) in [6, 6.07) is 17.1. The number of thiazole rings is 1. The van der Waals surface area contributed by atoms with E-state index in [9.17, 15) is 42.0 Å². The quantitative estimate of drug-likeness (QED) is 0.0329. The summed E-state index contributed by atoms with van der Waals surface area (Å²) in [5.41, 5.74) is 4.68. The molecule has 0 spiro atoms. The van der Waals surface area contributed by atoms with Crippen LogP contribution in [0.3, 0.4) is 0 Å². The Morgan fingerprint density at radius 3 is 2.46 bits per heavy atom. The third-order valence-electron chi connectivity index (χ3n) is 16.4. The van der Waals surface area contributed by atoms with Crippen LogP contribution < -0.4 is 10.2 Å². The SMILES string of the molecule is Cc1c(-c2ccc(N3CCc4cccc(C(=O)Nc5nc6ccccc6s5)c4C3)nc2C(=O)O)cnn1CC12CC3(C)CC(C)(C1)C(OCCOCCN(CCS(=O)(=O)O)C(=O)CCCCCN1C(=O)C=CC1=O)(C3)C2. The number of carbonyl (C=O) groups excluding carboxylic acids is 4. The predicted octanol–water partition coefficient (Wildman–Crippen LogP) is 7.34. The van der Waals surface area contributed by atoms with Gasteiger partial charge in [0.2, 0.25) is 5.91 Å². The lowest BCUT2D eigenvalue weighted by Crippen LogP contribution is -2.43. The maximum atomic E-state index is 13.7. The van der Waals surface area contributed by atoms with Crippen LogP contribution >= 0.6 is 11.3 Å². The van der Waals surface area contributed by atoms with Crippen molar-refractivity contribution in [1.82, 2.24) is 29.5 Å². The van der Waals surface area contributed by atoms with Crippen LogP contribution in [0.5, 0.6) is 0 Å². The minimum Gasteiger partial charge on any atom is -0.476 e. The average molecular weight is 1080 g/mol. The summed E-state index contributed by atoms with van der Waals surface area (Å²) in [6.07, 6.45) is 11.3. The fourth-order valence-electron chi connectivity index (χ4n) is 13.6. The molecule has 4 aliphatic carbocycles. The van der Waals surface area contributed by atoms with Gasteiger partial charge in [-0.1, -0.05) is 55.9 Å². The van der Waals surface area contributed by atoms with E-state index in [1.807, 2.05) is 71.1 Å². The van der Waals surface area contributed by atoms with Gasteiger partial charge in [-0.3, -0.25) is 38.6 Å². The molecule has 0 radical (unpaired) electrons. The van der Waals surface area contributed by atoms with Gasteiger partial charge in [0.15, 0.2) is 10.8 Å². The van der Waals surface area contributed by atoms with Gasteiger partial charge < -0.3 is 24.4 Å². The summed E-state index contributed by atoms with van der Waals surface area (Å²) in [5, 5.41) is 19.0. The third-order valence-corrected chi connectivity index (χ3v) is 18.1. The minimum absolute atomic E-state index is 0.0519. The first-order valence-electron chi connectivity index (χ1n) is 26.0. The summed E-state index contributed by atoms with van der Waals surface area (Å²) < 4.78 is 48.5. The number of amides is 4. The van der Waals surface area contributed by atoms with Crippen molar-refractivity contribution in [1.29, 1.82) is 0 Å². The molecular weight excluding hydrogens is 1010 g/mol. The standard InChI is InChI=1S/C55H64N8O11S2/c1-36-40(38-15-16-44(58-48(38)50(68)69)61-21-19-37-10-9-11-39(41(37)29-61)49(67)59-51-57-42-12-6-7-13-43(42)75-51)28-56-63(36)35-54-31-52(2)30-53(3,33-54)55(32-52,34-54)74-26-25-73-24-22-60(23-27-76(70,71)72)45(64)14-5-4-8-20-62-46(65)17-18-47(62)66/h6-7,9-13,15-18,28H,4-5,8,14,19-27,29-35H2,1-3H3,(H,68,69)(H,57,59,67)(H,70,71,72). The fourth-order valence-corrected chi connectivity index (χ4v) is 14.9. The Hall–Kier alpha value is -6.39. The molecular formula is C55H64N8O11S2. The largest absolute Gasteiger partial charge is 0.476 e. The Kier molecular flexibility index (Phi) is 14.6. The summed E-state index contributed by atoms with van der Waals surface area (Å²) in [5.74, 6) is -2.48. The van der Waals surface area contributed by atoms with Crippen LogP contribution in [0.2, 0.25) is 0 Å². The number of fused-ring (bicyclic) bond motifs is 2. The zero-order chi connectivity index (χ0) is 53.6. The number of pyridine rings is 1. The topological polar surface area (TPSA) is 244 Å². The van der Waals surface area contributed by atoms with Gasteiger partial charge in [-0.15, -0.1) is 0 Å². The fraction of sp³-hybridized carbons (Fsp3) is 0.491. The maximum absolute atomic E-state index is 13.7. The average Bonchev–Trinajstić information content (AvgIpc) is 4.11. The molecule has 2 aromatic carbocycles. The molecule has 0 saturated heterocycles. The number of benzene rings is 2. The molecule has 4 bridgehead atoms. The molecule has 4 fully saturated rings. The lowest BCUT2D eigenvalue weighted by molar-refractivity contribution is -0.137. The highest BCUT2D eigenvalue weighted by molar-refractivity contribution is 7.85. The number of ether oxygens (including phenoxy) is 2. The van der Waals surface area contributed by atoms with Crippen molar-refractivity contribution in [2.45, 2.75) is 104 Å². The van der Waals surface area contributed by atoms with Gasteiger partial charge in [0.25, 0.3) is 27.8 Å². The molecule has 2 aliphatic heterocycles. The number of carboxylic acid groups (broad SMARTS) is 1. The van der Waals surface area contributed by atoms with Crippen LogP contribution in [0, 0.1) is 23.2 Å². The van der Waals surface area contributed by atoms with E-state index >= 15 is 0 Å². The van der Waals surface area contributed by atoms with Crippen molar-refractivity contribution in [2.75, 3.05) is 62.0 Å². The number of nitrogens with zero attached hydrogens (tertiary/aromatic N) is 7. The van der Waals surface area contributed by atoms with Gasteiger partial charge in [-0.2, -0.15) is 13.5 Å². The molecule has 11 rings (SSSR count). The van der Waals surface area contributed by atoms with E-state index in [-0.39, 0.29) is 90.4 Å². The predicted molar refractivity (Wildman–Crippen MR) is 284 cm³/mol. The Morgan fingerprint density at radius 2 is 1.68 bits per heavy atom. The Labute approximate surface area is 445 Å². The number of imide groups is 1. The Bertz CT molecular complexity index is 3220. The van der Waals surface area contributed by atoms with Crippen molar-refractivity contribution in [2.24, 2.45) is 16.2 Å². The van der Waals surface area contributed by atoms with E-state index in [0.29, 0.717) is 79.6 Å². The second-order valence-electron chi connectivity index (χ2n) is 22.1. The summed E-state index contributed by atoms with van der Waals surface area (Å²) >= 11 is 1.42. The lowest BCUT2D eigenvalue weighted by atomic mass is 9.60. The van der Waals surface area contributed by atoms with Gasteiger partial charge in [0, 0.05) is 80.2 Å². The third kappa shape index (κ3) is 10.8. The summed E-state index contributed by atoms with van der Waals surface area (Å²) in [7, 11) is -4.31. The van der Waals surface area contributed by atoms with Crippen molar-refractivity contribution < 1.29 is 51.5 Å². The molecule has 5 heterocycles. The van der Waals surface area contributed by atoms with Crippen molar-refractivity contribution in [3.8, 4) is 11.1 Å². The Morgan fingerprint density at radius 1 is 0.882 bits per heavy atom. The molecule has 3 aromatic heterocycles. The normalized spacial score (nSPS) is 23.5.